The Bertz CT molecular complexity index is 2780. The number of benzene rings is 8. The summed E-state index contributed by atoms with van der Waals surface area (Å²) in [7, 11) is 0. The van der Waals surface area contributed by atoms with Crippen molar-refractivity contribution in [3.63, 3.8) is 0 Å². The highest BCUT2D eigenvalue weighted by Crippen LogP contribution is 2.66. The Morgan fingerprint density at radius 1 is 0.358 bits per heavy atom. The lowest BCUT2D eigenvalue weighted by molar-refractivity contribution is 0.812. The SMILES string of the molecule is c1ccc(-c2ccc(-c3ccc4c(c3)C3(c5ccccc5-4)c4cc(N(c5ccccc5)c5ccccc5)ccc4-c4c3sc3ccccc43)cc2)cc1. The molecule has 1 atom stereocenters. The molecule has 0 bridgehead atoms. The summed E-state index contributed by atoms with van der Waals surface area (Å²) in [6, 6.07) is 73.7. The van der Waals surface area contributed by atoms with Gasteiger partial charge in [-0.15, -0.1) is 11.3 Å². The Morgan fingerprint density at radius 2 is 0.887 bits per heavy atom. The van der Waals surface area contributed by atoms with Crippen molar-refractivity contribution in [3.05, 3.63) is 222 Å². The van der Waals surface area contributed by atoms with Crippen LogP contribution in [0.3, 0.4) is 0 Å². The van der Waals surface area contributed by atoms with Crippen molar-refractivity contribution in [1.82, 2.24) is 0 Å². The molecule has 0 N–H and O–H groups in total. The van der Waals surface area contributed by atoms with Crippen LogP contribution in [0.2, 0.25) is 0 Å². The molecule has 0 amide bonds. The van der Waals surface area contributed by atoms with E-state index in [0.717, 1.165) is 17.1 Å². The van der Waals surface area contributed by atoms with Crippen LogP contribution in [0.1, 0.15) is 21.6 Å². The smallest absolute Gasteiger partial charge is 0.0820 e. The van der Waals surface area contributed by atoms with Crippen molar-refractivity contribution in [2.45, 2.75) is 5.41 Å². The molecule has 1 nitrogen and oxygen atoms in total. The van der Waals surface area contributed by atoms with Crippen LogP contribution < -0.4 is 4.90 Å². The first-order chi connectivity index (χ1) is 26.3. The van der Waals surface area contributed by atoms with Gasteiger partial charge in [0.15, 0.2) is 0 Å². The average molecular weight is 692 g/mol. The molecule has 1 unspecified atom stereocenters. The maximum Gasteiger partial charge on any atom is 0.0820 e. The number of nitrogens with zero attached hydrogens (tertiary/aromatic N) is 1. The molecule has 11 rings (SSSR count). The third-order valence-corrected chi connectivity index (χ3v) is 12.6. The van der Waals surface area contributed by atoms with Crippen molar-refractivity contribution in [2.75, 3.05) is 4.90 Å². The Balaban J connectivity index is 1.18. The molecule has 0 saturated carbocycles. The normalized spacial score (nSPS) is 14.9. The number of rotatable bonds is 5. The van der Waals surface area contributed by atoms with Gasteiger partial charge in [-0.2, -0.15) is 0 Å². The fourth-order valence-corrected chi connectivity index (χ4v) is 10.4. The summed E-state index contributed by atoms with van der Waals surface area (Å²) in [6.45, 7) is 0. The van der Waals surface area contributed by atoms with Crippen LogP contribution in [0, 0.1) is 0 Å². The van der Waals surface area contributed by atoms with E-state index < -0.39 is 5.41 Å². The summed E-state index contributed by atoms with van der Waals surface area (Å²) in [5, 5.41) is 1.33. The zero-order valence-corrected chi connectivity index (χ0v) is 29.7. The van der Waals surface area contributed by atoms with Gasteiger partial charge in [0, 0.05) is 37.6 Å². The van der Waals surface area contributed by atoms with Crippen LogP contribution in [0.5, 0.6) is 0 Å². The molecule has 1 spiro atoms. The third kappa shape index (κ3) is 4.43. The highest BCUT2D eigenvalue weighted by Gasteiger charge is 2.53. The van der Waals surface area contributed by atoms with Crippen LogP contribution in [0.4, 0.5) is 17.1 Å². The van der Waals surface area contributed by atoms with Crippen LogP contribution in [0.25, 0.3) is 54.6 Å². The number of anilines is 3. The highest BCUT2D eigenvalue weighted by molar-refractivity contribution is 7.20. The molecule has 2 heteroatoms. The van der Waals surface area contributed by atoms with Gasteiger partial charge >= 0.3 is 0 Å². The van der Waals surface area contributed by atoms with Crippen LogP contribution in [0.15, 0.2) is 200 Å². The molecule has 248 valence electrons. The highest BCUT2D eigenvalue weighted by atomic mass is 32.1. The second-order valence-corrected chi connectivity index (χ2v) is 15.1. The standard InChI is InChI=1S/C51H33NS/c1-4-14-34(15-5-1)35-24-26-36(27-25-35)37-28-30-42-41-20-10-12-22-45(41)51(46(42)32-37)47-33-40(52(38-16-6-2-7-17-38)39-18-8-3-9-19-39)29-31-43(47)49-44-21-11-13-23-48(44)53-50(49)51/h1-33H. The molecular weight excluding hydrogens is 659 g/mol. The van der Waals surface area contributed by atoms with Gasteiger partial charge in [0.1, 0.15) is 0 Å². The molecule has 0 saturated heterocycles. The topological polar surface area (TPSA) is 3.24 Å². The van der Waals surface area contributed by atoms with Gasteiger partial charge in [0.2, 0.25) is 0 Å². The molecule has 53 heavy (non-hydrogen) atoms. The monoisotopic (exact) mass is 691 g/mol. The molecule has 2 aliphatic rings. The van der Waals surface area contributed by atoms with Gasteiger partial charge < -0.3 is 4.90 Å². The Hall–Kier alpha value is -6.48. The molecule has 1 heterocycles. The molecule has 8 aromatic carbocycles. The summed E-state index contributed by atoms with van der Waals surface area (Å²) >= 11 is 1.96. The molecule has 2 aliphatic carbocycles. The Kier molecular flexibility index (Phi) is 6.71. The summed E-state index contributed by atoms with van der Waals surface area (Å²) in [5.41, 5.74) is 17.3. The van der Waals surface area contributed by atoms with Crippen molar-refractivity contribution in [1.29, 1.82) is 0 Å². The number of para-hydroxylation sites is 2. The quantitative estimate of drug-likeness (QED) is 0.174. The van der Waals surface area contributed by atoms with E-state index in [0.29, 0.717) is 0 Å². The number of thiophene rings is 1. The fraction of sp³-hybridized carbons (Fsp3) is 0.0196. The fourth-order valence-electron chi connectivity index (χ4n) is 8.98. The molecule has 0 radical (unpaired) electrons. The molecule has 0 aliphatic heterocycles. The second-order valence-electron chi connectivity index (χ2n) is 14.0. The number of hydrogen-bond acceptors (Lipinski definition) is 2. The van der Waals surface area contributed by atoms with Gasteiger partial charge in [-0.1, -0.05) is 152 Å². The number of fused-ring (bicyclic) bond motifs is 12. The maximum absolute atomic E-state index is 2.49. The average Bonchev–Trinajstić information content (AvgIpc) is 3.85. The lowest BCUT2D eigenvalue weighted by atomic mass is 9.73. The van der Waals surface area contributed by atoms with Gasteiger partial charge in [-0.3, -0.25) is 0 Å². The largest absolute Gasteiger partial charge is 0.310 e. The van der Waals surface area contributed by atoms with Crippen molar-refractivity contribution >= 4 is 38.5 Å². The third-order valence-electron chi connectivity index (χ3n) is 11.3. The minimum atomic E-state index is -0.463. The van der Waals surface area contributed by atoms with E-state index in [4.69, 9.17) is 0 Å². The minimum absolute atomic E-state index is 0.463. The lowest BCUT2D eigenvalue weighted by Crippen LogP contribution is -2.25. The first-order valence-corrected chi connectivity index (χ1v) is 19.1. The van der Waals surface area contributed by atoms with E-state index in [9.17, 15) is 0 Å². The number of hydrogen-bond donors (Lipinski definition) is 0. The van der Waals surface area contributed by atoms with Crippen LogP contribution >= 0.6 is 11.3 Å². The van der Waals surface area contributed by atoms with Crippen LogP contribution in [-0.4, -0.2) is 0 Å². The van der Waals surface area contributed by atoms with Gasteiger partial charge in [0.05, 0.1) is 5.41 Å². The first-order valence-electron chi connectivity index (χ1n) is 18.3. The zero-order chi connectivity index (χ0) is 34.9. The predicted molar refractivity (Wildman–Crippen MR) is 224 cm³/mol. The Morgan fingerprint density at radius 3 is 1.62 bits per heavy atom. The Labute approximate surface area is 313 Å². The van der Waals surface area contributed by atoms with Gasteiger partial charge in [0.25, 0.3) is 0 Å². The van der Waals surface area contributed by atoms with E-state index in [1.165, 1.54) is 76.2 Å². The lowest BCUT2D eigenvalue weighted by Gasteiger charge is -2.31. The van der Waals surface area contributed by atoms with Crippen LogP contribution in [-0.2, 0) is 5.41 Å². The van der Waals surface area contributed by atoms with E-state index in [2.05, 4.69) is 205 Å². The minimum Gasteiger partial charge on any atom is -0.310 e. The van der Waals surface area contributed by atoms with E-state index in [-0.39, 0.29) is 0 Å². The summed E-state index contributed by atoms with van der Waals surface area (Å²) < 4.78 is 1.33. The van der Waals surface area contributed by atoms with E-state index >= 15 is 0 Å². The zero-order valence-electron chi connectivity index (χ0n) is 28.9. The van der Waals surface area contributed by atoms with Crippen molar-refractivity contribution in [2.24, 2.45) is 0 Å². The summed E-state index contributed by atoms with van der Waals surface area (Å²) in [6.07, 6.45) is 0. The molecule has 0 fully saturated rings. The summed E-state index contributed by atoms with van der Waals surface area (Å²) in [5.74, 6) is 0. The first kappa shape index (κ1) is 30.2. The van der Waals surface area contributed by atoms with Crippen molar-refractivity contribution in [3.8, 4) is 44.5 Å². The van der Waals surface area contributed by atoms with E-state index in [1.807, 2.05) is 11.3 Å². The maximum atomic E-state index is 2.49. The second kappa shape index (κ2) is 11.8. The predicted octanol–water partition coefficient (Wildman–Crippen LogP) is 14.0. The molecule has 9 aromatic rings. The van der Waals surface area contributed by atoms with Gasteiger partial charge in [-0.05, 0) is 104 Å². The molecule has 1 aromatic heterocycles. The van der Waals surface area contributed by atoms with E-state index in [1.54, 1.807) is 0 Å². The van der Waals surface area contributed by atoms with Gasteiger partial charge in [-0.25, -0.2) is 0 Å². The summed E-state index contributed by atoms with van der Waals surface area (Å²) in [4.78, 5) is 3.81. The van der Waals surface area contributed by atoms with Crippen molar-refractivity contribution < 1.29 is 0 Å². The molecular formula is C51H33NS.